The highest BCUT2D eigenvalue weighted by Crippen LogP contribution is 2.30. The van der Waals surface area contributed by atoms with E-state index in [1.165, 1.54) is 12.5 Å². The van der Waals surface area contributed by atoms with Crippen LogP contribution in [0, 0.1) is 0 Å². The van der Waals surface area contributed by atoms with E-state index in [1.54, 1.807) is 0 Å². The van der Waals surface area contributed by atoms with Crippen molar-refractivity contribution in [1.29, 1.82) is 0 Å². The van der Waals surface area contributed by atoms with Crippen molar-refractivity contribution in [2.24, 2.45) is 0 Å². The maximum Gasteiger partial charge on any atom is 0.411 e. The van der Waals surface area contributed by atoms with Crippen LogP contribution in [0.3, 0.4) is 0 Å². The van der Waals surface area contributed by atoms with Crippen LogP contribution < -0.4 is 5.32 Å². The Morgan fingerprint density at radius 2 is 2.08 bits per heavy atom. The summed E-state index contributed by atoms with van der Waals surface area (Å²) < 4.78 is 69.8. The Kier molecular flexibility index (Phi) is 5.94. The molecule has 0 bridgehead atoms. The molecular formula is C14H12ClF3N2O5S. The monoisotopic (exact) mass is 412 g/mol. The zero-order chi connectivity index (χ0) is 19.5. The number of amides is 1. The minimum absolute atomic E-state index is 0.131. The van der Waals surface area contributed by atoms with Gasteiger partial charge in [-0.1, -0.05) is 11.6 Å². The summed E-state index contributed by atoms with van der Waals surface area (Å²) in [4.78, 5) is 15.6. The molecule has 0 spiro atoms. The number of aromatic nitrogens is 1. The number of carbonyl (C=O) groups excluding carboxylic acids is 1. The number of benzene rings is 1. The SMILES string of the molecule is CS(=O)(=O)c1ccc(C(=O)Nc2ncco2)c(Cl)c1COCC(F)(F)F. The van der Waals surface area contributed by atoms with E-state index in [9.17, 15) is 26.4 Å². The largest absolute Gasteiger partial charge is 0.432 e. The van der Waals surface area contributed by atoms with Crippen molar-refractivity contribution in [3.63, 3.8) is 0 Å². The maximum absolute atomic E-state index is 12.3. The van der Waals surface area contributed by atoms with Crippen molar-refractivity contribution in [2.45, 2.75) is 17.7 Å². The predicted molar refractivity (Wildman–Crippen MR) is 84.7 cm³/mol. The normalized spacial score (nSPS) is 12.2. The van der Waals surface area contributed by atoms with E-state index in [2.05, 4.69) is 15.0 Å². The smallest absolute Gasteiger partial charge is 0.411 e. The van der Waals surface area contributed by atoms with E-state index in [1.807, 2.05) is 0 Å². The molecule has 2 aromatic rings. The highest BCUT2D eigenvalue weighted by atomic mass is 35.5. The van der Waals surface area contributed by atoms with Crippen molar-refractivity contribution in [3.05, 3.63) is 40.7 Å². The topological polar surface area (TPSA) is 98.5 Å². The van der Waals surface area contributed by atoms with Gasteiger partial charge in [0, 0.05) is 11.8 Å². The van der Waals surface area contributed by atoms with Crippen LogP contribution >= 0.6 is 11.6 Å². The van der Waals surface area contributed by atoms with E-state index in [0.717, 1.165) is 18.4 Å². The van der Waals surface area contributed by atoms with Gasteiger partial charge in [0.15, 0.2) is 9.84 Å². The molecular weight excluding hydrogens is 401 g/mol. The number of hydrogen-bond acceptors (Lipinski definition) is 6. The van der Waals surface area contributed by atoms with E-state index in [4.69, 9.17) is 16.0 Å². The maximum atomic E-state index is 12.3. The molecule has 1 N–H and O–H groups in total. The number of sulfone groups is 1. The fourth-order valence-corrected chi connectivity index (χ4v) is 3.26. The summed E-state index contributed by atoms with van der Waals surface area (Å²) in [5.74, 6) is -0.783. The summed E-state index contributed by atoms with van der Waals surface area (Å²) in [5, 5.41) is 1.93. The molecule has 0 unspecified atom stereocenters. The molecule has 1 aromatic heterocycles. The van der Waals surface area contributed by atoms with Crippen molar-refractivity contribution in [3.8, 4) is 0 Å². The molecule has 1 aromatic carbocycles. The lowest BCUT2D eigenvalue weighted by Gasteiger charge is -2.14. The van der Waals surface area contributed by atoms with Crippen LogP contribution in [0.25, 0.3) is 0 Å². The number of ether oxygens (including phenoxy) is 1. The number of rotatable bonds is 6. The Balaban J connectivity index is 2.36. The first-order valence-electron chi connectivity index (χ1n) is 6.86. The Bertz CT molecular complexity index is 898. The Morgan fingerprint density at radius 1 is 1.38 bits per heavy atom. The predicted octanol–water partition coefficient (Wildman–Crippen LogP) is 3.06. The van der Waals surface area contributed by atoms with E-state index < -0.39 is 35.1 Å². The fraction of sp³-hybridized carbons (Fsp3) is 0.286. The van der Waals surface area contributed by atoms with Crippen LogP contribution in [-0.4, -0.2) is 38.3 Å². The summed E-state index contributed by atoms with van der Waals surface area (Å²) in [6.45, 7) is -2.35. The quantitative estimate of drug-likeness (QED) is 0.783. The zero-order valence-corrected chi connectivity index (χ0v) is 14.7. The Hall–Kier alpha value is -2.11. The molecule has 0 atom stereocenters. The molecule has 0 fully saturated rings. The molecule has 2 rings (SSSR count). The third-order valence-corrected chi connectivity index (χ3v) is 4.62. The van der Waals surface area contributed by atoms with Gasteiger partial charge < -0.3 is 9.15 Å². The number of halogens is 4. The second kappa shape index (κ2) is 7.64. The van der Waals surface area contributed by atoms with Crippen molar-refractivity contribution >= 4 is 33.4 Å². The second-order valence-corrected chi connectivity index (χ2v) is 7.44. The molecule has 0 saturated carbocycles. The summed E-state index contributed by atoms with van der Waals surface area (Å²) in [6.07, 6.45) is -1.25. The number of oxazole rings is 1. The molecule has 0 radical (unpaired) electrons. The molecule has 0 aliphatic heterocycles. The van der Waals surface area contributed by atoms with E-state index in [-0.39, 0.29) is 27.1 Å². The lowest BCUT2D eigenvalue weighted by atomic mass is 10.1. The van der Waals surface area contributed by atoms with Gasteiger partial charge in [0.2, 0.25) is 0 Å². The third-order valence-electron chi connectivity index (χ3n) is 3.01. The molecule has 142 valence electrons. The summed E-state index contributed by atoms with van der Waals surface area (Å²) >= 11 is 6.07. The Labute approximate surface area is 151 Å². The molecule has 7 nitrogen and oxygen atoms in total. The average molecular weight is 413 g/mol. The van der Waals surface area contributed by atoms with E-state index in [0.29, 0.717) is 0 Å². The number of nitrogens with zero attached hydrogens (tertiary/aromatic N) is 1. The fourth-order valence-electron chi connectivity index (χ4n) is 1.98. The molecule has 12 heteroatoms. The number of alkyl halides is 3. The number of hydrogen-bond donors (Lipinski definition) is 1. The van der Waals surface area contributed by atoms with Crippen molar-refractivity contribution in [2.75, 3.05) is 18.2 Å². The molecule has 26 heavy (non-hydrogen) atoms. The molecule has 1 amide bonds. The van der Waals surface area contributed by atoms with Crippen LogP contribution in [0.4, 0.5) is 19.2 Å². The van der Waals surface area contributed by atoms with Gasteiger partial charge >= 0.3 is 12.2 Å². The standard InChI is InChI=1S/C14H12ClF3N2O5S/c1-26(22,23)10-3-2-8(12(21)20-13-19-4-5-25-13)11(15)9(10)6-24-7-14(16,17)18/h2-5H,6-7H2,1H3,(H,19,20,21). The minimum atomic E-state index is -4.60. The minimum Gasteiger partial charge on any atom is -0.432 e. The Morgan fingerprint density at radius 3 is 2.62 bits per heavy atom. The van der Waals surface area contributed by atoms with Gasteiger partial charge in [-0.3, -0.25) is 10.1 Å². The van der Waals surface area contributed by atoms with Crippen molar-refractivity contribution < 1.29 is 35.5 Å². The van der Waals surface area contributed by atoms with Crippen LogP contribution in [-0.2, 0) is 21.2 Å². The molecule has 0 aliphatic rings. The number of anilines is 1. The van der Waals surface area contributed by atoms with Gasteiger partial charge in [-0.25, -0.2) is 13.4 Å². The second-order valence-electron chi connectivity index (χ2n) is 5.08. The summed E-state index contributed by atoms with van der Waals surface area (Å²) in [7, 11) is -3.82. The van der Waals surface area contributed by atoms with Gasteiger partial charge in [-0.2, -0.15) is 13.2 Å². The highest BCUT2D eigenvalue weighted by molar-refractivity contribution is 7.90. The zero-order valence-electron chi connectivity index (χ0n) is 13.1. The van der Waals surface area contributed by atoms with Crippen LogP contribution in [0.5, 0.6) is 0 Å². The lowest BCUT2D eigenvalue weighted by Crippen LogP contribution is -2.18. The first kappa shape index (κ1) is 20.2. The molecule has 0 aliphatic carbocycles. The van der Waals surface area contributed by atoms with Crippen LogP contribution in [0.2, 0.25) is 5.02 Å². The third kappa shape index (κ3) is 5.19. The number of carbonyl (C=O) groups is 1. The highest BCUT2D eigenvalue weighted by Gasteiger charge is 2.29. The van der Waals surface area contributed by atoms with Crippen molar-refractivity contribution in [1.82, 2.24) is 4.98 Å². The van der Waals surface area contributed by atoms with Crippen LogP contribution in [0.15, 0.2) is 33.9 Å². The first-order valence-corrected chi connectivity index (χ1v) is 9.13. The van der Waals surface area contributed by atoms with Gasteiger partial charge in [0.25, 0.3) is 5.91 Å². The summed E-state index contributed by atoms with van der Waals surface area (Å²) in [5.41, 5.74) is -0.429. The van der Waals surface area contributed by atoms with Gasteiger partial charge in [-0.15, -0.1) is 0 Å². The lowest BCUT2D eigenvalue weighted by molar-refractivity contribution is -0.176. The number of nitrogens with one attached hydrogen (secondary N) is 1. The van der Waals surface area contributed by atoms with Gasteiger partial charge in [0.05, 0.1) is 28.3 Å². The molecule has 0 saturated heterocycles. The average Bonchev–Trinajstić information content (AvgIpc) is 2.99. The van der Waals surface area contributed by atoms with E-state index >= 15 is 0 Å². The van der Waals surface area contributed by atoms with Gasteiger partial charge in [-0.05, 0) is 12.1 Å². The van der Waals surface area contributed by atoms with Crippen LogP contribution in [0.1, 0.15) is 15.9 Å². The summed E-state index contributed by atoms with van der Waals surface area (Å²) in [6, 6.07) is 2.07. The first-order chi connectivity index (χ1) is 12.0. The molecule has 1 heterocycles. The van der Waals surface area contributed by atoms with Gasteiger partial charge in [0.1, 0.15) is 12.9 Å².